The molecule has 0 bridgehead atoms. The molecule has 1 aliphatic rings. The molecule has 1 unspecified atom stereocenters. The van der Waals surface area contributed by atoms with Crippen LogP contribution in [-0.4, -0.2) is 12.1 Å². The molecule has 1 aliphatic heterocycles. The molecule has 0 aromatic carbocycles. The average Bonchev–Trinajstić information content (AvgIpc) is 1.64. The number of esters is 1. The minimum atomic E-state index is -0.125. The van der Waals surface area contributed by atoms with Crippen LogP contribution in [0.1, 0.15) is 13.3 Å². The van der Waals surface area contributed by atoms with Crippen LogP contribution in [0, 0.1) is 0 Å². The lowest BCUT2D eigenvalue weighted by atomic mass is 10.2. The van der Waals surface area contributed by atoms with Gasteiger partial charge in [0.15, 0.2) is 0 Å². The minimum Gasteiger partial charge on any atom is -0.458 e. The van der Waals surface area contributed by atoms with Crippen LogP contribution < -0.4 is 0 Å². The Kier molecular flexibility index (Phi) is 1.33. The fourth-order valence-corrected chi connectivity index (χ4v) is 0.651. The Balaban J connectivity index is 2.54. The summed E-state index contributed by atoms with van der Waals surface area (Å²) in [4.78, 5) is 10.4. The van der Waals surface area contributed by atoms with E-state index in [2.05, 4.69) is 0 Å². The molecule has 0 saturated heterocycles. The lowest BCUT2D eigenvalue weighted by Gasteiger charge is -2.11. The Morgan fingerprint density at radius 2 is 2.62 bits per heavy atom. The van der Waals surface area contributed by atoms with Gasteiger partial charge < -0.3 is 4.74 Å². The molecule has 0 aromatic rings. The summed E-state index contributed by atoms with van der Waals surface area (Å²) in [6.07, 6.45) is 4.12. The van der Waals surface area contributed by atoms with E-state index in [9.17, 15) is 4.79 Å². The first-order chi connectivity index (χ1) is 3.79. The highest BCUT2D eigenvalue weighted by atomic mass is 16.5. The number of hydrogen-bond donors (Lipinski definition) is 0. The van der Waals surface area contributed by atoms with Crippen LogP contribution in [0.2, 0.25) is 0 Å². The predicted octanol–water partition coefficient (Wildman–Crippen LogP) is 0.878. The second kappa shape index (κ2) is 1.99. The van der Waals surface area contributed by atoms with Gasteiger partial charge >= 0.3 is 5.97 Å². The van der Waals surface area contributed by atoms with E-state index in [1.54, 1.807) is 0 Å². The Morgan fingerprint density at radius 3 is 3.00 bits per heavy atom. The van der Waals surface area contributed by atoms with Crippen LogP contribution in [0.5, 0.6) is 0 Å². The molecule has 1 rings (SSSR count). The van der Waals surface area contributed by atoms with Gasteiger partial charge in [-0.3, -0.25) is 4.79 Å². The SMILES string of the molecule is CC1C=CCC(=O)O1. The summed E-state index contributed by atoms with van der Waals surface area (Å²) < 4.78 is 4.76. The zero-order chi connectivity index (χ0) is 5.98. The highest BCUT2D eigenvalue weighted by molar-refractivity contribution is 5.72. The summed E-state index contributed by atoms with van der Waals surface area (Å²) in [6, 6.07) is 0. The lowest BCUT2D eigenvalue weighted by Crippen LogP contribution is -2.15. The summed E-state index contributed by atoms with van der Waals surface area (Å²) >= 11 is 0. The average molecular weight is 112 g/mol. The topological polar surface area (TPSA) is 26.3 Å². The number of ether oxygens (including phenoxy) is 1. The zero-order valence-corrected chi connectivity index (χ0v) is 4.76. The minimum absolute atomic E-state index is 0.0174. The zero-order valence-electron chi connectivity index (χ0n) is 4.76. The number of rotatable bonds is 0. The molecule has 44 valence electrons. The maximum Gasteiger partial charge on any atom is 0.310 e. The van der Waals surface area contributed by atoms with Crippen molar-refractivity contribution in [2.24, 2.45) is 0 Å². The molecule has 0 aromatic heterocycles. The lowest BCUT2D eigenvalue weighted by molar-refractivity contribution is -0.146. The molecule has 2 nitrogen and oxygen atoms in total. The van der Waals surface area contributed by atoms with Crippen molar-refractivity contribution in [3.8, 4) is 0 Å². The fourth-order valence-electron chi connectivity index (χ4n) is 0.651. The van der Waals surface area contributed by atoms with Crippen molar-refractivity contribution >= 4 is 5.97 Å². The molecule has 0 saturated carbocycles. The van der Waals surface area contributed by atoms with Crippen molar-refractivity contribution in [3.63, 3.8) is 0 Å². The van der Waals surface area contributed by atoms with E-state index in [0.717, 1.165) is 0 Å². The van der Waals surface area contributed by atoms with Gasteiger partial charge in [-0.25, -0.2) is 0 Å². The highest BCUT2D eigenvalue weighted by Gasteiger charge is 2.08. The number of carbonyl (C=O) groups excluding carboxylic acids is 1. The molecular formula is C6H8O2. The van der Waals surface area contributed by atoms with E-state index in [4.69, 9.17) is 4.74 Å². The first kappa shape index (κ1) is 5.35. The molecule has 0 fully saturated rings. The number of carbonyl (C=O) groups is 1. The van der Waals surface area contributed by atoms with Gasteiger partial charge in [0.05, 0.1) is 6.42 Å². The Morgan fingerprint density at radius 1 is 1.88 bits per heavy atom. The Hall–Kier alpha value is -0.790. The van der Waals surface area contributed by atoms with Gasteiger partial charge in [-0.2, -0.15) is 0 Å². The second-order valence-corrected chi connectivity index (χ2v) is 1.83. The first-order valence-electron chi connectivity index (χ1n) is 2.65. The maximum absolute atomic E-state index is 10.4. The van der Waals surface area contributed by atoms with Crippen molar-refractivity contribution < 1.29 is 9.53 Å². The monoisotopic (exact) mass is 112 g/mol. The number of cyclic esters (lactones) is 1. The van der Waals surface area contributed by atoms with Crippen molar-refractivity contribution in [2.75, 3.05) is 0 Å². The third-order valence-corrected chi connectivity index (χ3v) is 1.01. The van der Waals surface area contributed by atoms with Gasteiger partial charge in [-0.15, -0.1) is 0 Å². The molecule has 0 N–H and O–H groups in total. The van der Waals surface area contributed by atoms with E-state index in [0.29, 0.717) is 6.42 Å². The normalized spacial score (nSPS) is 27.6. The van der Waals surface area contributed by atoms with Crippen molar-refractivity contribution in [1.29, 1.82) is 0 Å². The van der Waals surface area contributed by atoms with Gasteiger partial charge in [0.1, 0.15) is 6.10 Å². The maximum atomic E-state index is 10.4. The first-order valence-corrected chi connectivity index (χ1v) is 2.65. The largest absolute Gasteiger partial charge is 0.458 e. The van der Waals surface area contributed by atoms with Crippen LogP contribution in [0.25, 0.3) is 0 Å². The summed E-state index contributed by atoms with van der Waals surface area (Å²) in [5.74, 6) is -0.125. The third kappa shape index (κ3) is 1.09. The van der Waals surface area contributed by atoms with Crippen LogP contribution in [0.15, 0.2) is 12.2 Å². The summed E-state index contributed by atoms with van der Waals surface area (Å²) in [5, 5.41) is 0. The third-order valence-electron chi connectivity index (χ3n) is 1.01. The molecule has 2 heteroatoms. The standard InChI is InChI=1S/C6H8O2/c1-5-3-2-4-6(7)8-5/h2-3,5H,4H2,1H3. The van der Waals surface area contributed by atoms with E-state index in [1.165, 1.54) is 0 Å². The van der Waals surface area contributed by atoms with Crippen molar-refractivity contribution in [2.45, 2.75) is 19.4 Å². The summed E-state index contributed by atoms with van der Waals surface area (Å²) in [7, 11) is 0. The molecule has 0 aliphatic carbocycles. The Bertz CT molecular complexity index is 126. The molecule has 0 spiro atoms. The fraction of sp³-hybridized carbons (Fsp3) is 0.500. The van der Waals surface area contributed by atoms with Gasteiger partial charge in [-0.05, 0) is 13.0 Å². The van der Waals surface area contributed by atoms with E-state index in [1.807, 2.05) is 19.1 Å². The summed E-state index contributed by atoms with van der Waals surface area (Å²) in [5.41, 5.74) is 0. The van der Waals surface area contributed by atoms with E-state index in [-0.39, 0.29) is 12.1 Å². The van der Waals surface area contributed by atoms with Crippen molar-refractivity contribution in [1.82, 2.24) is 0 Å². The summed E-state index contributed by atoms with van der Waals surface area (Å²) in [6.45, 7) is 1.84. The Labute approximate surface area is 48.1 Å². The van der Waals surface area contributed by atoms with Gasteiger partial charge in [0, 0.05) is 0 Å². The smallest absolute Gasteiger partial charge is 0.310 e. The predicted molar refractivity (Wildman–Crippen MR) is 29.3 cm³/mol. The molecular weight excluding hydrogens is 104 g/mol. The molecule has 1 atom stereocenters. The highest BCUT2D eigenvalue weighted by Crippen LogP contribution is 2.03. The molecule has 0 radical (unpaired) electrons. The van der Waals surface area contributed by atoms with Gasteiger partial charge in [0.2, 0.25) is 0 Å². The molecule has 8 heavy (non-hydrogen) atoms. The van der Waals surface area contributed by atoms with Crippen LogP contribution in [0.4, 0.5) is 0 Å². The molecule has 0 amide bonds. The van der Waals surface area contributed by atoms with Crippen LogP contribution >= 0.6 is 0 Å². The van der Waals surface area contributed by atoms with Crippen LogP contribution in [-0.2, 0) is 9.53 Å². The van der Waals surface area contributed by atoms with Crippen molar-refractivity contribution in [3.05, 3.63) is 12.2 Å². The quantitative estimate of drug-likeness (QED) is 0.343. The van der Waals surface area contributed by atoms with E-state index < -0.39 is 0 Å². The van der Waals surface area contributed by atoms with Crippen LogP contribution in [0.3, 0.4) is 0 Å². The van der Waals surface area contributed by atoms with Gasteiger partial charge in [0.25, 0.3) is 0 Å². The second-order valence-electron chi connectivity index (χ2n) is 1.83. The van der Waals surface area contributed by atoms with Gasteiger partial charge in [-0.1, -0.05) is 6.08 Å². The molecule has 1 heterocycles. The number of hydrogen-bond acceptors (Lipinski definition) is 2. The van der Waals surface area contributed by atoms with E-state index >= 15 is 0 Å².